The summed E-state index contributed by atoms with van der Waals surface area (Å²) in [5, 5.41) is 0.380. The molecule has 2 N–H and O–H groups in total. The van der Waals surface area contributed by atoms with Gasteiger partial charge in [0.1, 0.15) is 0 Å². The molecule has 1 aliphatic rings. The van der Waals surface area contributed by atoms with Crippen LogP contribution in [0.15, 0.2) is 18.2 Å². The SMILES string of the molecule is CC1CCCN(C(=O)COC(=O)c2ccc(Cl)c(N)c2)C1. The summed E-state index contributed by atoms with van der Waals surface area (Å²) in [6.45, 7) is 3.33. The third kappa shape index (κ3) is 4.11. The van der Waals surface area contributed by atoms with Crippen LogP contribution in [-0.4, -0.2) is 36.5 Å². The number of nitrogen functional groups attached to an aromatic ring is 1. The van der Waals surface area contributed by atoms with E-state index in [4.69, 9.17) is 22.1 Å². The summed E-state index contributed by atoms with van der Waals surface area (Å²) < 4.78 is 5.04. The normalized spacial score (nSPS) is 18.4. The van der Waals surface area contributed by atoms with Crippen LogP contribution in [0, 0.1) is 5.92 Å². The summed E-state index contributed by atoms with van der Waals surface area (Å²) in [6.07, 6.45) is 2.13. The first-order valence-corrected chi connectivity index (χ1v) is 7.35. The Morgan fingerprint density at radius 2 is 2.24 bits per heavy atom. The standard InChI is InChI=1S/C15H19ClN2O3/c1-10-3-2-6-18(8-10)14(19)9-21-15(20)11-4-5-12(16)13(17)7-11/h4-5,7,10H,2-3,6,8-9,17H2,1H3. The lowest BCUT2D eigenvalue weighted by atomic mass is 10.0. The minimum absolute atomic E-state index is 0.156. The Morgan fingerprint density at radius 1 is 1.48 bits per heavy atom. The molecule has 2 rings (SSSR count). The maximum atomic E-state index is 12.0. The molecule has 1 aromatic carbocycles. The van der Waals surface area contributed by atoms with Crippen molar-refractivity contribution < 1.29 is 14.3 Å². The molecule has 0 aromatic heterocycles. The lowest BCUT2D eigenvalue weighted by molar-refractivity contribution is -0.136. The molecule has 1 unspecified atom stereocenters. The molecule has 1 saturated heterocycles. The van der Waals surface area contributed by atoms with Crippen molar-refractivity contribution in [2.24, 2.45) is 5.92 Å². The number of amides is 1. The lowest BCUT2D eigenvalue weighted by Crippen LogP contribution is -2.41. The fourth-order valence-electron chi connectivity index (χ4n) is 2.39. The van der Waals surface area contributed by atoms with Crippen molar-refractivity contribution in [2.45, 2.75) is 19.8 Å². The second-order valence-electron chi connectivity index (χ2n) is 5.40. The van der Waals surface area contributed by atoms with Crippen LogP contribution in [0.2, 0.25) is 5.02 Å². The summed E-state index contributed by atoms with van der Waals surface area (Å²) >= 11 is 5.79. The Hall–Kier alpha value is -1.75. The Balaban J connectivity index is 1.88. The summed E-state index contributed by atoms with van der Waals surface area (Å²) in [5.74, 6) is -0.233. The third-order valence-corrected chi connectivity index (χ3v) is 3.91. The Morgan fingerprint density at radius 3 is 2.90 bits per heavy atom. The number of halogens is 1. The topological polar surface area (TPSA) is 72.6 Å². The number of hydrogen-bond donors (Lipinski definition) is 1. The van der Waals surface area contributed by atoms with Gasteiger partial charge in [-0.15, -0.1) is 0 Å². The van der Waals surface area contributed by atoms with Gasteiger partial charge < -0.3 is 15.4 Å². The molecule has 0 saturated carbocycles. The molecule has 0 radical (unpaired) electrons. The number of carbonyl (C=O) groups is 2. The number of hydrogen-bond acceptors (Lipinski definition) is 4. The second kappa shape index (κ2) is 6.80. The van der Waals surface area contributed by atoms with Crippen LogP contribution in [0.4, 0.5) is 5.69 Å². The lowest BCUT2D eigenvalue weighted by Gasteiger charge is -2.30. The number of nitrogens with zero attached hydrogens (tertiary/aromatic N) is 1. The number of piperidine rings is 1. The van der Waals surface area contributed by atoms with Crippen LogP contribution >= 0.6 is 11.6 Å². The van der Waals surface area contributed by atoms with Crippen LogP contribution in [0.3, 0.4) is 0 Å². The van der Waals surface area contributed by atoms with Gasteiger partial charge in [-0.05, 0) is 37.0 Å². The Labute approximate surface area is 129 Å². The van der Waals surface area contributed by atoms with Crippen molar-refractivity contribution >= 4 is 29.2 Å². The van der Waals surface area contributed by atoms with Gasteiger partial charge in [0.15, 0.2) is 6.61 Å². The van der Waals surface area contributed by atoms with E-state index in [0.717, 1.165) is 25.9 Å². The van der Waals surface area contributed by atoms with E-state index < -0.39 is 5.97 Å². The molecule has 1 aliphatic heterocycles. The number of likely N-dealkylation sites (tertiary alicyclic amines) is 1. The van der Waals surface area contributed by atoms with Crippen molar-refractivity contribution in [3.05, 3.63) is 28.8 Å². The van der Waals surface area contributed by atoms with Gasteiger partial charge in [0, 0.05) is 13.1 Å². The number of rotatable bonds is 3. The summed E-state index contributed by atoms with van der Waals surface area (Å²) in [4.78, 5) is 25.6. The highest BCUT2D eigenvalue weighted by Crippen LogP contribution is 2.20. The fourth-order valence-corrected chi connectivity index (χ4v) is 2.51. The molecule has 1 aromatic rings. The van der Waals surface area contributed by atoms with Crippen molar-refractivity contribution in [1.29, 1.82) is 0 Å². The average molecular weight is 311 g/mol. The highest BCUT2D eigenvalue weighted by atomic mass is 35.5. The quantitative estimate of drug-likeness (QED) is 0.687. The highest BCUT2D eigenvalue weighted by molar-refractivity contribution is 6.33. The number of anilines is 1. The van der Waals surface area contributed by atoms with Gasteiger partial charge in [0.25, 0.3) is 5.91 Å². The molecule has 1 amide bonds. The monoisotopic (exact) mass is 310 g/mol. The zero-order valence-electron chi connectivity index (χ0n) is 12.0. The number of esters is 1. The van der Waals surface area contributed by atoms with Gasteiger partial charge in [-0.1, -0.05) is 18.5 Å². The minimum Gasteiger partial charge on any atom is -0.452 e. The fraction of sp³-hybridized carbons (Fsp3) is 0.467. The number of carbonyl (C=O) groups excluding carboxylic acids is 2. The van der Waals surface area contributed by atoms with Gasteiger partial charge in [0.05, 0.1) is 16.3 Å². The molecule has 5 nitrogen and oxygen atoms in total. The van der Waals surface area contributed by atoms with E-state index in [1.54, 1.807) is 4.90 Å². The largest absolute Gasteiger partial charge is 0.452 e. The maximum Gasteiger partial charge on any atom is 0.338 e. The summed E-state index contributed by atoms with van der Waals surface area (Å²) in [7, 11) is 0. The predicted octanol–water partition coefficient (Wildman–Crippen LogP) is 2.34. The number of benzene rings is 1. The van der Waals surface area contributed by atoms with Gasteiger partial charge in [0.2, 0.25) is 0 Å². The number of ether oxygens (including phenoxy) is 1. The zero-order chi connectivity index (χ0) is 15.4. The molecule has 0 spiro atoms. The van der Waals surface area contributed by atoms with Crippen LogP contribution in [-0.2, 0) is 9.53 Å². The van der Waals surface area contributed by atoms with Crippen LogP contribution in [0.25, 0.3) is 0 Å². The maximum absolute atomic E-state index is 12.0. The molecular weight excluding hydrogens is 292 g/mol. The number of nitrogens with two attached hydrogens (primary N) is 1. The first-order chi connectivity index (χ1) is 9.97. The molecule has 1 atom stereocenters. The summed E-state index contributed by atoms with van der Waals surface area (Å²) in [5.41, 5.74) is 6.23. The molecule has 1 heterocycles. The molecule has 0 bridgehead atoms. The van der Waals surface area contributed by atoms with Crippen molar-refractivity contribution in [3.8, 4) is 0 Å². The molecule has 0 aliphatic carbocycles. The van der Waals surface area contributed by atoms with E-state index in [9.17, 15) is 9.59 Å². The predicted molar refractivity (Wildman–Crippen MR) is 81.1 cm³/mol. The first-order valence-electron chi connectivity index (χ1n) is 6.97. The Kier molecular flexibility index (Phi) is 5.07. The molecule has 21 heavy (non-hydrogen) atoms. The second-order valence-corrected chi connectivity index (χ2v) is 5.81. The van der Waals surface area contributed by atoms with Crippen LogP contribution in [0.1, 0.15) is 30.1 Å². The van der Waals surface area contributed by atoms with Crippen molar-refractivity contribution in [3.63, 3.8) is 0 Å². The molecule has 1 fully saturated rings. The molecule has 114 valence electrons. The van der Waals surface area contributed by atoms with Gasteiger partial charge in [-0.25, -0.2) is 4.79 Å². The Bertz CT molecular complexity index is 548. The highest BCUT2D eigenvalue weighted by Gasteiger charge is 2.22. The van der Waals surface area contributed by atoms with E-state index in [1.807, 2.05) is 0 Å². The van der Waals surface area contributed by atoms with Crippen molar-refractivity contribution in [1.82, 2.24) is 4.90 Å². The third-order valence-electron chi connectivity index (χ3n) is 3.57. The minimum atomic E-state index is -0.572. The molecular formula is C15H19ClN2O3. The van der Waals surface area contributed by atoms with E-state index in [-0.39, 0.29) is 18.1 Å². The van der Waals surface area contributed by atoms with Gasteiger partial charge in [-0.2, -0.15) is 0 Å². The average Bonchev–Trinajstić information content (AvgIpc) is 2.47. The van der Waals surface area contributed by atoms with Crippen LogP contribution in [0.5, 0.6) is 0 Å². The zero-order valence-corrected chi connectivity index (χ0v) is 12.7. The van der Waals surface area contributed by atoms with E-state index >= 15 is 0 Å². The van der Waals surface area contributed by atoms with E-state index in [0.29, 0.717) is 16.6 Å². The first kappa shape index (κ1) is 15.6. The van der Waals surface area contributed by atoms with Crippen LogP contribution < -0.4 is 5.73 Å². The van der Waals surface area contributed by atoms with Gasteiger partial charge in [-0.3, -0.25) is 4.79 Å². The smallest absolute Gasteiger partial charge is 0.338 e. The van der Waals surface area contributed by atoms with E-state index in [2.05, 4.69) is 6.92 Å². The van der Waals surface area contributed by atoms with Crippen molar-refractivity contribution in [2.75, 3.05) is 25.4 Å². The van der Waals surface area contributed by atoms with Gasteiger partial charge >= 0.3 is 5.97 Å². The van der Waals surface area contributed by atoms with E-state index in [1.165, 1.54) is 18.2 Å². The summed E-state index contributed by atoms with van der Waals surface area (Å²) in [6, 6.07) is 4.49. The molecule has 6 heteroatoms.